The van der Waals surface area contributed by atoms with Crippen molar-refractivity contribution in [2.24, 2.45) is 5.84 Å². The molecule has 2 aromatic heterocycles. The molecule has 0 bridgehead atoms. The topological polar surface area (TPSA) is 107 Å². The molecular formula is C10H16N8S. The quantitative estimate of drug-likeness (QED) is 0.222. The second-order valence-electron chi connectivity index (χ2n) is 3.72. The fourth-order valence-electron chi connectivity index (χ4n) is 1.49. The van der Waals surface area contributed by atoms with Gasteiger partial charge in [-0.05, 0) is 12.7 Å². The number of hydrazine groups is 1. The number of nitrogens with two attached hydrogens (primary N) is 1. The van der Waals surface area contributed by atoms with Gasteiger partial charge in [-0.2, -0.15) is 0 Å². The summed E-state index contributed by atoms with van der Waals surface area (Å²) >= 11 is 1.47. The minimum atomic E-state index is 0.595. The number of thioether (sulfide) groups is 1. The Morgan fingerprint density at radius 1 is 1.37 bits per heavy atom. The molecule has 19 heavy (non-hydrogen) atoms. The Hall–Kier alpha value is -1.87. The van der Waals surface area contributed by atoms with Crippen molar-refractivity contribution in [1.82, 2.24) is 25.0 Å². The van der Waals surface area contributed by atoms with Gasteiger partial charge in [0.2, 0.25) is 0 Å². The molecule has 0 aliphatic heterocycles. The second kappa shape index (κ2) is 6.90. The zero-order valence-electron chi connectivity index (χ0n) is 10.6. The summed E-state index contributed by atoms with van der Waals surface area (Å²) in [7, 11) is 0. The Morgan fingerprint density at radius 2 is 2.21 bits per heavy atom. The van der Waals surface area contributed by atoms with Crippen LogP contribution >= 0.6 is 11.8 Å². The van der Waals surface area contributed by atoms with Gasteiger partial charge in [0.15, 0.2) is 5.16 Å². The van der Waals surface area contributed by atoms with Gasteiger partial charge in [-0.3, -0.25) is 4.68 Å². The number of hydrogen-bond acceptors (Lipinski definition) is 8. The van der Waals surface area contributed by atoms with Gasteiger partial charge in [-0.15, -0.1) is 5.10 Å². The number of nitrogen functional groups attached to an aromatic ring is 1. The molecule has 0 saturated heterocycles. The summed E-state index contributed by atoms with van der Waals surface area (Å²) in [6.07, 6.45) is 6.35. The Morgan fingerprint density at radius 3 is 2.89 bits per heavy atom. The first kappa shape index (κ1) is 13.6. The second-order valence-corrected chi connectivity index (χ2v) is 4.49. The van der Waals surface area contributed by atoms with E-state index in [9.17, 15) is 0 Å². The molecule has 0 atom stereocenters. The van der Waals surface area contributed by atoms with Crippen molar-refractivity contribution < 1.29 is 0 Å². The van der Waals surface area contributed by atoms with Crippen LogP contribution in [0.15, 0.2) is 23.6 Å². The predicted octanol–water partition coefficient (Wildman–Crippen LogP) is 0.578. The first-order valence-electron chi connectivity index (χ1n) is 5.79. The molecule has 8 nitrogen and oxygen atoms in total. The van der Waals surface area contributed by atoms with Crippen LogP contribution in [-0.2, 0) is 6.54 Å². The van der Waals surface area contributed by atoms with Crippen LogP contribution in [0.2, 0.25) is 0 Å². The van der Waals surface area contributed by atoms with E-state index in [0.29, 0.717) is 11.0 Å². The molecule has 2 rings (SSSR count). The summed E-state index contributed by atoms with van der Waals surface area (Å²) in [5, 5.41) is 11.6. The lowest BCUT2D eigenvalue weighted by atomic mass is 10.4. The molecule has 2 aromatic rings. The largest absolute Gasteiger partial charge is 0.370 e. The van der Waals surface area contributed by atoms with Gasteiger partial charge in [0, 0.05) is 25.4 Å². The van der Waals surface area contributed by atoms with Gasteiger partial charge in [0.25, 0.3) is 0 Å². The van der Waals surface area contributed by atoms with Crippen LogP contribution in [0.1, 0.15) is 6.42 Å². The number of hydrogen-bond donors (Lipinski definition) is 3. The maximum Gasteiger partial charge on any atom is 0.191 e. The summed E-state index contributed by atoms with van der Waals surface area (Å²) in [6, 6.07) is 1.77. The van der Waals surface area contributed by atoms with Crippen molar-refractivity contribution in [2.75, 3.05) is 23.5 Å². The van der Waals surface area contributed by atoms with Crippen molar-refractivity contribution in [2.45, 2.75) is 18.1 Å². The maximum atomic E-state index is 5.37. The minimum Gasteiger partial charge on any atom is -0.370 e. The lowest BCUT2D eigenvalue weighted by Gasteiger charge is -2.08. The molecule has 2 heterocycles. The summed E-state index contributed by atoms with van der Waals surface area (Å²) in [5.74, 6) is 6.72. The van der Waals surface area contributed by atoms with Crippen LogP contribution in [0.3, 0.4) is 0 Å². The molecule has 4 N–H and O–H groups in total. The van der Waals surface area contributed by atoms with Gasteiger partial charge >= 0.3 is 0 Å². The SMILES string of the molecule is CSc1nc(NN)cc(NCCCn2ccnn2)n1. The molecule has 0 aromatic carbocycles. The highest BCUT2D eigenvalue weighted by Gasteiger charge is 2.02. The fraction of sp³-hybridized carbons (Fsp3) is 0.400. The van der Waals surface area contributed by atoms with E-state index in [0.717, 1.165) is 25.3 Å². The van der Waals surface area contributed by atoms with Crippen LogP contribution < -0.4 is 16.6 Å². The summed E-state index contributed by atoms with van der Waals surface area (Å²) in [5.41, 5.74) is 2.53. The number of nitrogens with zero attached hydrogens (tertiary/aromatic N) is 5. The van der Waals surface area contributed by atoms with E-state index in [1.165, 1.54) is 11.8 Å². The van der Waals surface area contributed by atoms with E-state index in [1.54, 1.807) is 16.9 Å². The summed E-state index contributed by atoms with van der Waals surface area (Å²) < 4.78 is 1.79. The van der Waals surface area contributed by atoms with E-state index < -0.39 is 0 Å². The first-order chi connectivity index (χ1) is 9.31. The highest BCUT2D eigenvalue weighted by atomic mass is 32.2. The van der Waals surface area contributed by atoms with Crippen molar-refractivity contribution in [3.63, 3.8) is 0 Å². The molecular weight excluding hydrogens is 264 g/mol. The van der Waals surface area contributed by atoms with E-state index in [1.807, 2.05) is 12.5 Å². The van der Waals surface area contributed by atoms with E-state index in [2.05, 4.69) is 31.0 Å². The number of rotatable bonds is 7. The summed E-state index contributed by atoms with van der Waals surface area (Å²) in [4.78, 5) is 8.54. The Bertz CT molecular complexity index is 478. The van der Waals surface area contributed by atoms with Crippen LogP contribution in [-0.4, -0.2) is 37.8 Å². The lowest BCUT2D eigenvalue weighted by Crippen LogP contribution is -2.12. The molecule has 0 saturated carbocycles. The van der Waals surface area contributed by atoms with Crippen molar-refractivity contribution >= 4 is 23.4 Å². The molecule has 0 amide bonds. The van der Waals surface area contributed by atoms with Crippen LogP contribution in [0.5, 0.6) is 0 Å². The fourth-order valence-corrected chi connectivity index (χ4v) is 1.87. The smallest absolute Gasteiger partial charge is 0.191 e. The van der Waals surface area contributed by atoms with Gasteiger partial charge in [0.1, 0.15) is 11.6 Å². The molecule has 0 unspecified atom stereocenters. The normalized spacial score (nSPS) is 10.4. The van der Waals surface area contributed by atoms with Crippen LogP contribution in [0, 0.1) is 0 Å². The molecule has 9 heteroatoms. The van der Waals surface area contributed by atoms with Gasteiger partial charge in [0.05, 0.1) is 6.20 Å². The monoisotopic (exact) mass is 280 g/mol. The Balaban J connectivity index is 1.84. The Labute approximate surface area is 115 Å². The first-order valence-corrected chi connectivity index (χ1v) is 7.02. The van der Waals surface area contributed by atoms with Crippen LogP contribution in [0.25, 0.3) is 0 Å². The molecule has 0 aliphatic carbocycles. The van der Waals surface area contributed by atoms with Crippen molar-refractivity contribution in [1.29, 1.82) is 0 Å². The highest BCUT2D eigenvalue weighted by Crippen LogP contribution is 2.16. The van der Waals surface area contributed by atoms with Crippen molar-refractivity contribution in [3.8, 4) is 0 Å². The van der Waals surface area contributed by atoms with Gasteiger partial charge in [-0.25, -0.2) is 15.8 Å². The molecule has 0 radical (unpaired) electrons. The zero-order valence-corrected chi connectivity index (χ0v) is 11.4. The molecule has 0 spiro atoms. The standard InChI is InChI=1S/C10H16N8S/c1-19-10-14-8(7-9(15-10)16-11)12-3-2-5-18-6-4-13-17-18/h4,6-7H,2-3,5,11H2,1H3,(H2,12,14,15,16). The van der Waals surface area contributed by atoms with E-state index in [-0.39, 0.29) is 0 Å². The average Bonchev–Trinajstić information content (AvgIpc) is 2.96. The number of anilines is 2. The number of aromatic nitrogens is 5. The summed E-state index contributed by atoms with van der Waals surface area (Å²) in [6.45, 7) is 1.60. The number of nitrogens with one attached hydrogen (secondary N) is 2. The van der Waals surface area contributed by atoms with Gasteiger partial charge < -0.3 is 10.7 Å². The zero-order chi connectivity index (χ0) is 13.5. The predicted molar refractivity (Wildman–Crippen MR) is 74.8 cm³/mol. The maximum absolute atomic E-state index is 5.37. The molecule has 102 valence electrons. The van der Waals surface area contributed by atoms with E-state index >= 15 is 0 Å². The third-order valence-corrected chi connectivity index (χ3v) is 2.93. The third-order valence-electron chi connectivity index (χ3n) is 2.38. The lowest BCUT2D eigenvalue weighted by molar-refractivity contribution is 0.569. The Kier molecular flexibility index (Phi) is 4.93. The van der Waals surface area contributed by atoms with E-state index in [4.69, 9.17) is 5.84 Å². The minimum absolute atomic E-state index is 0.595. The third kappa shape index (κ3) is 4.07. The highest BCUT2D eigenvalue weighted by molar-refractivity contribution is 7.98. The molecule has 0 aliphatic rings. The number of aryl methyl sites for hydroxylation is 1. The van der Waals surface area contributed by atoms with Gasteiger partial charge in [-0.1, -0.05) is 17.0 Å². The average molecular weight is 280 g/mol. The molecule has 0 fully saturated rings. The van der Waals surface area contributed by atoms with Crippen molar-refractivity contribution in [3.05, 3.63) is 18.5 Å². The van der Waals surface area contributed by atoms with Crippen LogP contribution in [0.4, 0.5) is 11.6 Å².